The van der Waals surface area contributed by atoms with E-state index in [2.05, 4.69) is 65.4 Å². The van der Waals surface area contributed by atoms with Crippen molar-refractivity contribution in [2.24, 2.45) is 17.3 Å². The Kier molecular flexibility index (Phi) is 8.23. The maximum Gasteiger partial charge on any atom is 0.317 e. The van der Waals surface area contributed by atoms with Crippen LogP contribution >= 0.6 is 15.9 Å². The Morgan fingerprint density at radius 2 is 1.94 bits per heavy atom. The van der Waals surface area contributed by atoms with Gasteiger partial charge < -0.3 is 15.0 Å². The van der Waals surface area contributed by atoms with Gasteiger partial charge in [0, 0.05) is 34.9 Å². The fraction of sp³-hybridized carbons (Fsp3) is 0.667. The van der Waals surface area contributed by atoms with Gasteiger partial charge in [0.2, 0.25) is 0 Å². The highest BCUT2D eigenvalue weighted by atomic mass is 79.9. The number of amides is 2. The molecule has 4 atom stereocenters. The number of allylic oxidation sites excluding steroid dienone is 1. The van der Waals surface area contributed by atoms with Crippen molar-refractivity contribution in [3.8, 4) is 0 Å². The summed E-state index contributed by atoms with van der Waals surface area (Å²) in [4.78, 5) is 28.2. The monoisotopic (exact) mass is 558 g/mol. The molecule has 2 aliphatic carbocycles. The molecule has 1 aliphatic heterocycles. The average molecular weight is 560 g/mol. The van der Waals surface area contributed by atoms with Gasteiger partial charge in [-0.05, 0) is 88.3 Å². The standard InChI is InChI=1S/C30H43BrN2O3/c1-6-21-10-8-13-25(20(3)18-21)32-28(35)33-16-14-30(15-17-33)19-23(29(4,5)27(34)36-7-2)22-11-9-12-24(31)26(22)30/h8-12,20-21,23,25H,6-7,13-19H2,1-5H3,(H,32,35). The number of benzene rings is 1. The van der Waals surface area contributed by atoms with Crippen LogP contribution in [0, 0.1) is 17.3 Å². The van der Waals surface area contributed by atoms with E-state index in [1.54, 1.807) is 0 Å². The lowest BCUT2D eigenvalue weighted by Crippen LogP contribution is -2.51. The Morgan fingerprint density at radius 1 is 1.22 bits per heavy atom. The van der Waals surface area contributed by atoms with Crippen molar-refractivity contribution in [1.29, 1.82) is 0 Å². The number of urea groups is 1. The second-order valence-electron chi connectivity index (χ2n) is 11.8. The largest absolute Gasteiger partial charge is 0.466 e. The predicted octanol–water partition coefficient (Wildman–Crippen LogP) is 6.95. The van der Waals surface area contributed by atoms with Crippen LogP contribution in [0.25, 0.3) is 0 Å². The fourth-order valence-electron chi connectivity index (χ4n) is 6.81. The molecule has 4 unspecified atom stereocenters. The Labute approximate surface area is 225 Å². The number of carbonyl (C=O) groups excluding carboxylic acids is 2. The summed E-state index contributed by atoms with van der Waals surface area (Å²) in [6.07, 6.45) is 10.5. The predicted molar refractivity (Wildman–Crippen MR) is 148 cm³/mol. The van der Waals surface area contributed by atoms with Crippen molar-refractivity contribution in [2.45, 2.75) is 90.5 Å². The molecule has 3 aliphatic rings. The first-order chi connectivity index (χ1) is 17.1. The maximum atomic E-state index is 13.3. The minimum atomic E-state index is -0.608. The van der Waals surface area contributed by atoms with E-state index < -0.39 is 5.41 Å². The van der Waals surface area contributed by atoms with E-state index in [1.807, 2.05) is 25.7 Å². The van der Waals surface area contributed by atoms with Crippen LogP contribution < -0.4 is 5.32 Å². The highest BCUT2D eigenvalue weighted by Crippen LogP contribution is 2.58. The molecule has 0 saturated carbocycles. The molecule has 36 heavy (non-hydrogen) atoms. The van der Waals surface area contributed by atoms with Crippen LogP contribution in [-0.4, -0.2) is 42.6 Å². The lowest BCUT2D eigenvalue weighted by molar-refractivity contribution is -0.155. The molecule has 1 spiro atoms. The van der Waals surface area contributed by atoms with Crippen LogP contribution in [0.15, 0.2) is 34.8 Å². The van der Waals surface area contributed by atoms with Crippen molar-refractivity contribution in [3.05, 3.63) is 46.0 Å². The molecule has 0 aromatic heterocycles. The van der Waals surface area contributed by atoms with Crippen molar-refractivity contribution < 1.29 is 14.3 Å². The number of rotatable bonds is 5. The number of nitrogens with one attached hydrogen (secondary N) is 1. The molecule has 198 valence electrons. The van der Waals surface area contributed by atoms with Gasteiger partial charge in [0.15, 0.2) is 0 Å². The van der Waals surface area contributed by atoms with Gasteiger partial charge in [0.05, 0.1) is 12.0 Å². The number of hydrogen-bond donors (Lipinski definition) is 1. The van der Waals surface area contributed by atoms with Crippen LogP contribution in [0.5, 0.6) is 0 Å². The molecular weight excluding hydrogens is 516 g/mol. The summed E-state index contributed by atoms with van der Waals surface area (Å²) in [5.41, 5.74) is 1.95. The van der Waals surface area contributed by atoms with E-state index in [-0.39, 0.29) is 29.4 Å². The molecule has 1 saturated heterocycles. The van der Waals surface area contributed by atoms with E-state index in [4.69, 9.17) is 4.74 Å². The lowest BCUT2D eigenvalue weighted by Gasteiger charge is -2.42. The third kappa shape index (κ3) is 5.12. The zero-order valence-corrected chi connectivity index (χ0v) is 24.2. The van der Waals surface area contributed by atoms with Crippen molar-refractivity contribution in [1.82, 2.24) is 10.2 Å². The number of ether oxygens (including phenoxy) is 1. The minimum absolute atomic E-state index is 0.0344. The number of piperidine rings is 1. The quantitative estimate of drug-likeness (QED) is 0.314. The number of fused-ring (bicyclic) bond motifs is 2. The van der Waals surface area contributed by atoms with Gasteiger partial charge in [-0.2, -0.15) is 0 Å². The topological polar surface area (TPSA) is 58.6 Å². The molecule has 6 heteroatoms. The minimum Gasteiger partial charge on any atom is -0.466 e. The second-order valence-corrected chi connectivity index (χ2v) is 12.6. The highest BCUT2D eigenvalue weighted by Gasteiger charge is 2.53. The fourth-order valence-corrected chi connectivity index (χ4v) is 7.61. The van der Waals surface area contributed by atoms with Gasteiger partial charge in [0.25, 0.3) is 0 Å². The average Bonchev–Trinajstić information content (AvgIpc) is 3.07. The first kappa shape index (κ1) is 27.2. The van der Waals surface area contributed by atoms with Crippen LogP contribution in [0.3, 0.4) is 0 Å². The molecule has 1 aromatic rings. The first-order valence-electron chi connectivity index (χ1n) is 13.8. The normalized spacial score (nSPS) is 27.4. The summed E-state index contributed by atoms with van der Waals surface area (Å²) >= 11 is 3.84. The number of halogens is 1. The number of esters is 1. The van der Waals surface area contributed by atoms with Gasteiger partial charge >= 0.3 is 12.0 Å². The van der Waals surface area contributed by atoms with Crippen LogP contribution in [-0.2, 0) is 14.9 Å². The Morgan fingerprint density at radius 3 is 2.61 bits per heavy atom. The van der Waals surface area contributed by atoms with E-state index in [0.29, 0.717) is 18.4 Å². The summed E-state index contributed by atoms with van der Waals surface area (Å²) < 4.78 is 6.59. The van der Waals surface area contributed by atoms with Crippen molar-refractivity contribution in [2.75, 3.05) is 19.7 Å². The van der Waals surface area contributed by atoms with Crippen LogP contribution in [0.1, 0.15) is 90.2 Å². The van der Waals surface area contributed by atoms with Crippen LogP contribution in [0.2, 0.25) is 0 Å². The smallest absolute Gasteiger partial charge is 0.317 e. The highest BCUT2D eigenvalue weighted by molar-refractivity contribution is 9.10. The van der Waals surface area contributed by atoms with Crippen molar-refractivity contribution >= 4 is 27.9 Å². The molecule has 1 fully saturated rings. The number of hydrogen-bond acceptors (Lipinski definition) is 3. The number of likely N-dealkylation sites (tertiary alicyclic amines) is 1. The van der Waals surface area contributed by atoms with Crippen LogP contribution in [0.4, 0.5) is 4.79 Å². The summed E-state index contributed by atoms with van der Waals surface area (Å²) in [6, 6.07) is 6.63. The first-order valence-corrected chi connectivity index (χ1v) is 14.6. The SMILES string of the molecule is CCOC(=O)C(C)(C)C1CC2(CCN(C(=O)NC3CC=CC(CC)CC3C)CC2)c2c(Br)cccc21. The van der Waals surface area contributed by atoms with Gasteiger partial charge in [-0.15, -0.1) is 0 Å². The molecule has 1 N–H and O–H groups in total. The Bertz CT molecular complexity index is 996. The number of carbonyl (C=O) groups is 2. The molecular formula is C30H43BrN2O3. The molecule has 0 bridgehead atoms. The summed E-state index contributed by atoms with van der Waals surface area (Å²) in [6.45, 7) is 12.3. The maximum absolute atomic E-state index is 13.3. The third-order valence-electron chi connectivity index (χ3n) is 9.22. The van der Waals surface area contributed by atoms with E-state index in [9.17, 15) is 9.59 Å². The molecule has 4 rings (SSSR count). The summed E-state index contributed by atoms with van der Waals surface area (Å²) in [7, 11) is 0. The number of nitrogens with zero attached hydrogens (tertiary/aromatic N) is 1. The Balaban J connectivity index is 1.48. The van der Waals surface area contributed by atoms with Gasteiger partial charge in [-0.3, -0.25) is 4.79 Å². The van der Waals surface area contributed by atoms with E-state index in [1.165, 1.54) is 11.1 Å². The zero-order chi connectivity index (χ0) is 26.1. The molecule has 0 radical (unpaired) electrons. The second kappa shape index (κ2) is 10.9. The summed E-state index contributed by atoms with van der Waals surface area (Å²) in [5.74, 6) is 1.04. The molecule has 1 heterocycles. The molecule has 2 amide bonds. The third-order valence-corrected chi connectivity index (χ3v) is 9.88. The molecule has 5 nitrogen and oxygen atoms in total. The van der Waals surface area contributed by atoms with E-state index >= 15 is 0 Å². The van der Waals surface area contributed by atoms with Crippen molar-refractivity contribution in [3.63, 3.8) is 0 Å². The van der Waals surface area contributed by atoms with Gasteiger partial charge in [-0.1, -0.05) is 54.1 Å². The van der Waals surface area contributed by atoms with Gasteiger partial charge in [0.1, 0.15) is 0 Å². The lowest BCUT2D eigenvalue weighted by atomic mass is 9.70. The Hall–Kier alpha value is -1.82. The summed E-state index contributed by atoms with van der Waals surface area (Å²) in [5, 5.41) is 3.36. The van der Waals surface area contributed by atoms with Gasteiger partial charge in [-0.25, -0.2) is 4.79 Å². The van der Waals surface area contributed by atoms with E-state index in [0.717, 1.165) is 56.1 Å². The molecule has 1 aromatic carbocycles. The zero-order valence-electron chi connectivity index (χ0n) is 22.6.